The molecule has 148 valence electrons. The maximum atomic E-state index is 13.4. The van der Waals surface area contributed by atoms with Gasteiger partial charge in [-0.25, -0.2) is 4.90 Å². The average Bonchev–Trinajstić information content (AvgIpc) is 2.67. The van der Waals surface area contributed by atoms with Crippen LogP contribution in [0.15, 0.2) is 53.3 Å². The standard InChI is InChI=1S/C22H20N2O5/c1-13-9-11-16(12-10-13)24(14(2)25)22(28)19-20(29-15(3)26)17-7-5-6-8-18(17)23(4)21(19)27/h5-12H,1-4H3. The summed E-state index contributed by atoms with van der Waals surface area (Å²) in [7, 11) is 1.52. The first kappa shape index (κ1) is 20.0. The zero-order valence-corrected chi connectivity index (χ0v) is 16.6. The van der Waals surface area contributed by atoms with Crippen molar-refractivity contribution in [1.29, 1.82) is 0 Å². The molecule has 0 N–H and O–H groups in total. The van der Waals surface area contributed by atoms with Gasteiger partial charge in [-0.15, -0.1) is 0 Å². The van der Waals surface area contributed by atoms with Crippen molar-refractivity contribution in [3.8, 4) is 5.75 Å². The molecular formula is C22H20N2O5. The molecule has 1 heterocycles. The topological polar surface area (TPSA) is 85.7 Å². The highest BCUT2D eigenvalue weighted by molar-refractivity contribution is 6.22. The van der Waals surface area contributed by atoms with Gasteiger partial charge in [0, 0.05) is 26.3 Å². The first-order valence-electron chi connectivity index (χ1n) is 8.94. The number of nitrogens with zero attached hydrogens (tertiary/aromatic N) is 2. The van der Waals surface area contributed by atoms with Crippen LogP contribution in [0.1, 0.15) is 29.8 Å². The van der Waals surface area contributed by atoms with Crippen LogP contribution in [0.3, 0.4) is 0 Å². The van der Waals surface area contributed by atoms with Crippen LogP contribution in [0, 0.1) is 6.92 Å². The van der Waals surface area contributed by atoms with Gasteiger partial charge in [0.25, 0.3) is 11.5 Å². The van der Waals surface area contributed by atoms with E-state index < -0.39 is 23.3 Å². The molecule has 0 spiro atoms. The van der Waals surface area contributed by atoms with Gasteiger partial charge in [-0.2, -0.15) is 0 Å². The van der Waals surface area contributed by atoms with Gasteiger partial charge in [-0.05, 0) is 31.2 Å². The molecule has 0 aliphatic carbocycles. The molecule has 2 amide bonds. The minimum absolute atomic E-state index is 0.153. The van der Waals surface area contributed by atoms with Crippen LogP contribution in [0.25, 0.3) is 10.9 Å². The Kier molecular flexibility index (Phi) is 5.32. The van der Waals surface area contributed by atoms with Crippen LogP contribution in [0.5, 0.6) is 5.75 Å². The third-order valence-corrected chi connectivity index (χ3v) is 4.53. The third kappa shape index (κ3) is 3.67. The number of benzene rings is 2. The van der Waals surface area contributed by atoms with Crippen LogP contribution in [-0.4, -0.2) is 22.4 Å². The number of amides is 2. The van der Waals surface area contributed by atoms with Gasteiger partial charge in [-0.1, -0.05) is 29.8 Å². The molecule has 0 aliphatic heterocycles. The smallest absolute Gasteiger partial charge is 0.308 e. The summed E-state index contributed by atoms with van der Waals surface area (Å²) in [5.74, 6) is -2.26. The summed E-state index contributed by atoms with van der Waals surface area (Å²) in [6.07, 6.45) is 0. The highest BCUT2D eigenvalue weighted by atomic mass is 16.5. The van der Waals surface area contributed by atoms with Crippen molar-refractivity contribution >= 4 is 34.4 Å². The second-order valence-electron chi connectivity index (χ2n) is 6.67. The van der Waals surface area contributed by atoms with Crippen molar-refractivity contribution in [3.63, 3.8) is 0 Å². The lowest BCUT2D eigenvalue weighted by atomic mass is 10.1. The summed E-state index contributed by atoms with van der Waals surface area (Å²) in [6.45, 7) is 4.29. The molecule has 1 aromatic heterocycles. The highest BCUT2D eigenvalue weighted by Gasteiger charge is 2.30. The van der Waals surface area contributed by atoms with E-state index in [9.17, 15) is 19.2 Å². The molecule has 29 heavy (non-hydrogen) atoms. The largest absolute Gasteiger partial charge is 0.425 e. The lowest BCUT2D eigenvalue weighted by Gasteiger charge is -2.21. The van der Waals surface area contributed by atoms with Gasteiger partial charge >= 0.3 is 5.97 Å². The molecule has 0 fully saturated rings. The zero-order chi connectivity index (χ0) is 21.3. The Morgan fingerprint density at radius 2 is 1.59 bits per heavy atom. The molecule has 0 bridgehead atoms. The molecule has 0 saturated heterocycles. The van der Waals surface area contributed by atoms with E-state index in [1.807, 2.05) is 6.92 Å². The SMILES string of the molecule is CC(=O)Oc1c(C(=O)N(C(C)=O)c2ccc(C)cc2)c(=O)n(C)c2ccccc12. The van der Waals surface area contributed by atoms with E-state index in [2.05, 4.69) is 0 Å². The molecular weight excluding hydrogens is 372 g/mol. The number of ether oxygens (including phenoxy) is 1. The van der Waals surface area contributed by atoms with Crippen molar-refractivity contribution in [2.24, 2.45) is 7.05 Å². The number of carbonyl (C=O) groups excluding carboxylic acids is 3. The lowest BCUT2D eigenvalue weighted by Crippen LogP contribution is -2.40. The van der Waals surface area contributed by atoms with Crippen LogP contribution in [-0.2, 0) is 16.6 Å². The van der Waals surface area contributed by atoms with Crippen LogP contribution < -0.4 is 15.2 Å². The maximum absolute atomic E-state index is 13.4. The Bertz CT molecular complexity index is 1190. The average molecular weight is 392 g/mol. The summed E-state index contributed by atoms with van der Waals surface area (Å²) in [4.78, 5) is 51.4. The predicted octanol–water partition coefficient (Wildman–Crippen LogP) is 2.97. The van der Waals surface area contributed by atoms with Crippen molar-refractivity contribution in [2.45, 2.75) is 20.8 Å². The third-order valence-electron chi connectivity index (χ3n) is 4.53. The predicted molar refractivity (Wildman–Crippen MR) is 109 cm³/mol. The van der Waals surface area contributed by atoms with E-state index in [1.54, 1.807) is 48.5 Å². The Morgan fingerprint density at radius 1 is 0.966 bits per heavy atom. The Hall–Kier alpha value is -3.74. The fraction of sp³-hybridized carbons (Fsp3) is 0.182. The van der Waals surface area contributed by atoms with Gasteiger partial charge in [0.2, 0.25) is 5.91 Å². The van der Waals surface area contributed by atoms with Crippen LogP contribution in [0.4, 0.5) is 5.69 Å². The molecule has 7 nitrogen and oxygen atoms in total. The Balaban J connectivity index is 2.31. The van der Waals surface area contributed by atoms with Crippen molar-refractivity contribution in [2.75, 3.05) is 4.90 Å². The molecule has 0 radical (unpaired) electrons. The van der Waals surface area contributed by atoms with Gasteiger partial charge in [0.1, 0.15) is 5.56 Å². The van der Waals surface area contributed by atoms with Gasteiger partial charge < -0.3 is 9.30 Å². The zero-order valence-electron chi connectivity index (χ0n) is 16.6. The monoisotopic (exact) mass is 392 g/mol. The van der Waals surface area contributed by atoms with Crippen molar-refractivity contribution in [3.05, 3.63) is 70.0 Å². The molecule has 3 rings (SSSR count). The number of fused-ring (bicyclic) bond motifs is 1. The number of hydrogen-bond acceptors (Lipinski definition) is 5. The fourth-order valence-electron chi connectivity index (χ4n) is 3.15. The summed E-state index contributed by atoms with van der Waals surface area (Å²) in [5, 5.41) is 0.417. The summed E-state index contributed by atoms with van der Waals surface area (Å²) in [6, 6.07) is 13.5. The molecule has 3 aromatic rings. The van der Waals surface area contributed by atoms with E-state index in [4.69, 9.17) is 4.74 Å². The quantitative estimate of drug-likeness (QED) is 0.640. The number of rotatable bonds is 3. The summed E-state index contributed by atoms with van der Waals surface area (Å²) in [5.41, 5.74) is 0.722. The minimum atomic E-state index is -0.857. The summed E-state index contributed by atoms with van der Waals surface area (Å²) >= 11 is 0. The number of anilines is 1. The maximum Gasteiger partial charge on any atom is 0.308 e. The van der Waals surface area contributed by atoms with E-state index in [1.165, 1.54) is 25.5 Å². The lowest BCUT2D eigenvalue weighted by molar-refractivity contribution is -0.131. The molecule has 2 aromatic carbocycles. The Labute approximate surface area is 167 Å². The number of para-hydroxylation sites is 1. The van der Waals surface area contributed by atoms with E-state index in [0.29, 0.717) is 16.6 Å². The highest BCUT2D eigenvalue weighted by Crippen LogP contribution is 2.29. The van der Waals surface area contributed by atoms with Crippen LogP contribution in [0.2, 0.25) is 0 Å². The van der Waals surface area contributed by atoms with E-state index >= 15 is 0 Å². The summed E-state index contributed by atoms with van der Waals surface area (Å²) < 4.78 is 6.58. The minimum Gasteiger partial charge on any atom is -0.425 e. The molecule has 0 atom stereocenters. The molecule has 0 saturated carbocycles. The van der Waals surface area contributed by atoms with E-state index in [0.717, 1.165) is 10.5 Å². The molecule has 0 aliphatic rings. The van der Waals surface area contributed by atoms with Gasteiger partial charge in [0.05, 0.1) is 11.2 Å². The number of esters is 1. The normalized spacial score (nSPS) is 10.6. The first-order chi connectivity index (χ1) is 13.7. The number of carbonyl (C=O) groups is 3. The number of hydrogen-bond donors (Lipinski definition) is 0. The second kappa shape index (κ2) is 7.71. The number of aromatic nitrogens is 1. The van der Waals surface area contributed by atoms with Crippen molar-refractivity contribution < 1.29 is 19.1 Å². The van der Waals surface area contributed by atoms with Crippen LogP contribution >= 0.6 is 0 Å². The number of pyridine rings is 1. The van der Waals surface area contributed by atoms with Gasteiger partial charge in [-0.3, -0.25) is 19.2 Å². The Morgan fingerprint density at radius 3 is 2.17 bits per heavy atom. The number of aryl methyl sites for hydroxylation is 2. The van der Waals surface area contributed by atoms with Crippen molar-refractivity contribution in [1.82, 2.24) is 4.57 Å². The van der Waals surface area contributed by atoms with Gasteiger partial charge in [0.15, 0.2) is 5.75 Å². The molecule has 7 heteroatoms. The van der Waals surface area contributed by atoms with E-state index in [-0.39, 0.29) is 11.3 Å². The second-order valence-corrected chi connectivity index (χ2v) is 6.67. The fourth-order valence-corrected chi connectivity index (χ4v) is 3.15. The first-order valence-corrected chi connectivity index (χ1v) is 8.94. The molecule has 0 unspecified atom stereocenters. The number of imide groups is 1.